The number of aromatic amines is 1. The number of imidazole rings is 1. The molecule has 26 heavy (non-hydrogen) atoms. The number of hydrogen-bond donors (Lipinski definition) is 1. The second-order valence-electron chi connectivity index (χ2n) is 7.45. The van der Waals surface area contributed by atoms with Crippen LogP contribution in [0.1, 0.15) is 66.2 Å². The van der Waals surface area contributed by atoms with E-state index in [0.717, 1.165) is 47.6 Å². The summed E-state index contributed by atoms with van der Waals surface area (Å²) in [6.07, 6.45) is 1.99. The van der Waals surface area contributed by atoms with Crippen molar-refractivity contribution >= 4 is 16.9 Å². The smallest absolute Gasteiger partial charge is 0.276 e. The van der Waals surface area contributed by atoms with Crippen LogP contribution in [0.2, 0.25) is 0 Å². The lowest BCUT2D eigenvalue weighted by atomic mass is 9.97. The lowest BCUT2D eigenvalue weighted by Gasteiger charge is -2.31. The number of piperidine rings is 1. The van der Waals surface area contributed by atoms with Gasteiger partial charge in [-0.25, -0.2) is 4.98 Å². The van der Waals surface area contributed by atoms with E-state index in [2.05, 4.69) is 23.1 Å². The lowest BCUT2D eigenvalue weighted by molar-refractivity contribution is 0.0694. The molecule has 0 saturated carbocycles. The van der Waals surface area contributed by atoms with E-state index < -0.39 is 0 Å². The van der Waals surface area contributed by atoms with Crippen molar-refractivity contribution in [3.8, 4) is 0 Å². The van der Waals surface area contributed by atoms with E-state index in [1.807, 2.05) is 30.9 Å². The van der Waals surface area contributed by atoms with Gasteiger partial charge in [-0.05, 0) is 31.4 Å². The zero-order chi connectivity index (χ0) is 18.3. The molecule has 6 heteroatoms. The number of para-hydroxylation sites is 1. The fourth-order valence-electron chi connectivity index (χ4n) is 3.60. The third kappa shape index (κ3) is 3.00. The van der Waals surface area contributed by atoms with Gasteiger partial charge in [-0.1, -0.05) is 31.1 Å². The number of aryl methyl sites for hydroxylation is 1. The zero-order valence-corrected chi connectivity index (χ0v) is 15.5. The average Bonchev–Trinajstić information content (AvgIpc) is 3.29. The molecule has 6 nitrogen and oxygen atoms in total. The summed E-state index contributed by atoms with van der Waals surface area (Å²) in [5.74, 6) is 2.09. The zero-order valence-electron chi connectivity index (χ0n) is 15.5. The highest BCUT2D eigenvalue weighted by Gasteiger charge is 2.29. The maximum absolute atomic E-state index is 12.8. The molecule has 1 aromatic carbocycles. The molecule has 136 valence electrons. The highest BCUT2D eigenvalue weighted by molar-refractivity contribution is 5.92. The van der Waals surface area contributed by atoms with Gasteiger partial charge in [0.05, 0.1) is 11.0 Å². The number of carbonyl (C=O) groups excluding carboxylic acids is 1. The summed E-state index contributed by atoms with van der Waals surface area (Å²) >= 11 is 0. The number of nitrogens with zero attached hydrogens (tertiary/aromatic N) is 3. The topological polar surface area (TPSA) is 75.0 Å². The Hall–Kier alpha value is -2.63. The van der Waals surface area contributed by atoms with Crippen LogP contribution in [0.4, 0.5) is 0 Å². The van der Waals surface area contributed by atoms with E-state index in [0.29, 0.717) is 12.2 Å². The molecule has 3 aromatic rings. The van der Waals surface area contributed by atoms with Crippen LogP contribution in [0, 0.1) is 6.92 Å². The minimum atomic E-state index is -0.0577. The van der Waals surface area contributed by atoms with E-state index in [-0.39, 0.29) is 17.7 Å². The Morgan fingerprint density at radius 1 is 1.38 bits per heavy atom. The summed E-state index contributed by atoms with van der Waals surface area (Å²) in [4.78, 5) is 22.9. The van der Waals surface area contributed by atoms with Gasteiger partial charge in [-0.3, -0.25) is 4.79 Å². The van der Waals surface area contributed by atoms with Crippen molar-refractivity contribution in [1.29, 1.82) is 0 Å². The molecule has 1 aliphatic heterocycles. The van der Waals surface area contributed by atoms with Gasteiger partial charge in [-0.15, -0.1) is 0 Å². The third-order valence-corrected chi connectivity index (χ3v) is 5.14. The highest BCUT2D eigenvalue weighted by Crippen LogP contribution is 2.28. The Bertz CT molecular complexity index is 940. The summed E-state index contributed by atoms with van der Waals surface area (Å²) in [6.45, 7) is 7.52. The molecule has 1 N–H and O–H groups in total. The molecule has 0 unspecified atom stereocenters. The Balaban J connectivity index is 1.54. The molecule has 2 aromatic heterocycles. The number of fused-ring (bicyclic) bond motifs is 1. The van der Waals surface area contributed by atoms with Crippen LogP contribution in [-0.2, 0) is 0 Å². The molecule has 1 atom stereocenters. The first-order valence-electron chi connectivity index (χ1n) is 9.24. The van der Waals surface area contributed by atoms with Gasteiger partial charge < -0.3 is 14.4 Å². The second kappa shape index (κ2) is 6.59. The molecule has 0 radical (unpaired) electrons. The van der Waals surface area contributed by atoms with Gasteiger partial charge in [0.2, 0.25) is 0 Å². The minimum Gasteiger partial charge on any atom is -0.360 e. The summed E-state index contributed by atoms with van der Waals surface area (Å²) in [7, 11) is 0. The van der Waals surface area contributed by atoms with Gasteiger partial charge in [0.15, 0.2) is 5.69 Å². The molecule has 1 amide bonds. The highest BCUT2D eigenvalue weighted by atomic mass is 16.5. The second-order valence-corrected chi connectivity index (χ2v) is 7.45. The number of rotatable bonds is 3. The summed E-state index contributed by atoms with van der Waals surface area (Å²) < 4.78 is 5.29. The van der Waals surface area contributed by atoms with E-state index in [1.165, 1.54) is 0 Å². The monoisotopic (exact) mass is 352 g/mol. The van der Waals surface area contributed by atoms with Crippen LogP contribution in [0.3, 0.4) is 0 Å². The molecule has 3 heterocycles. The number of benzene rings is 1. The van der Waals surface area contributed by atoms with Crippen LogP contribution in [0.5, 0.6) is 0 Å². The Kier molecular flexibility index (Phi) is 4.26. The lowest BCUT2D eigenvalue weighted by Crippen LogP contribution is -2.39. The molecular formula is C20H24N4O2. The van der Waals surface area contributed by atoms with Crippen LogP contribution < -0.4 is 0 Å². The first kappa shape index (κ1) is 16.8. The molecule has 4 rings (SSSR count). The van der Waals surface area contributed by atoms with Crippen LogP contribution in [0.25, 0.3) is 11.0 Å². The predicted octanol–water partition coefficient (Wildman–Crippen LogP) is 4.00. The Morgan fingerprint density at radius 2 is 2.23 bits per heavy atom. The molecule has 1 saturated heterocycles. The molecule has 1 aliphatic rings. The van der Waals surface area contributed by atoms with E-state index >= 15 is 0 Å². The van der Waals surface area contributed by atoms with Gasteiger partial charge >= 0.3 is 0 Å². The predicted molar refractivity (Wildman–Crippen MR) is 99.3 cm³/mol. The summed E-state index contributed by atoms with van der Waals surface area (Å²) in [5, 5.41) is 3.97. The van der Waals surface area contributed by atoms with Crippen molar-refractivity contribution in [3.63, 3.8) is 0 Å². The molecule has 0 spiro atoms. The summed E-state index contributed by atoms with van der Waals surface area (Å²) in [5.41, 5.74) is 3.64. The first-order chi connectivity index (χ1) is 12.5. The number of aromatic nitrogens is 3. The van der Waals surface area contributed by atoms with Crippen LogP contribution >= 0.6 is 0 Å². The number of hydrogen-bond acceptors (Lipinski definition) is 4. The average molecular weight is 352 g/mol. The van der Waals surface area contributed by atoms with E-state index in [9.17, 15) is 4.79 Å². The van der Waals surface area contributed by atoms with Crippen LogP contribution in [0.15, 0.2) is 28.8 Å². The van der Waals surface area contributed by atoms with Gasteiger partial charge in [0, 0.05) is 31.0 Å². The van der Waals surface area contributed by atoms with Crippen molar-refractivity contribution in [1.82, 2.24) is 20.0 Å². The van der Waals surface area contributed by atoms with Crippen molar-refractivity contribution in [3.05, 3.63) is 47.1 Å². The summed E-state index contributed by atoms with van der Waals surface area (Å²) in [6, 6.07) is 7.92. The van der Waals surface area contributed by atoms with Crippen molar-refractivity contribution in [2.24, 2.45) is 0 Å². The fraction of sp³-hybridized carbons (Fsp3) is 0.450. The Labute approximate surface area is 152 Å². The van der Waals surface area contributed by atoms with Crippen molar-refractivity contribution in [2.45, 2.75) is 45.4 Å². The van der Waals surface area contributed by atoms with Crippen molar-refractivity contribution in [2.75, 3.05) is 13.1 Å². The molecule has 0 aliphatic carbocycles. The third-order valence-electron chi connectivity index (χ3n) is 5.14. The molecule has 0 bridgehead atoms. The number of nitrogens with one attached hydrogen (secondary N) is 1. The van der Waals surface area contributed by atoms with E-state index in [1.54, 1.807) is 6.07 Å². The maximum Gasteiger partial charge on any atom is 0.276 e. The number of amides is 1. The largest absolute Gasteiger partial charge is 0.360 e. The first-order valence-corrected chi connectivity index (χ1v) is 9.24. The van der Waals surface area contributed by atoms with Crippen molar-refractivity contribution < 1.29 is 9.32 Å². The fourth-order valence-corrected chi connectivity index (χ4v) is 3.60. The maximum atomic E-state index is 12.8. The quantitative estimate of drug-likeness (QED) is 0.773. The molecule has 1 fully saturated rings. The van der Waals surface area contributed by atoms with Gasteiger partial charge in [0.25, 0.3) is 5.91 Å². The normalized spacial score (nSPS) is 18.0. The van der Waals surface area contributed by atoms with E-state index in [4.69, 9.17) is 9.51 Å². The number of carbonyl (C=O) groups is 1. The SMILES string of the molecule is Cc1cccc2[nH]c([C@@H]3CCCN(C(=O)c4cc(C(C)C)on4)C3)nc12. The van der Waals surface area contributed by atoms with Crippen LogP contribution in [-0.4, -0.2) is 39.0 Å². The molecular weight excluding hydrogens is 328 g/mol. The van der Waals surface area contributed by atoms with Gasteiger partial charge in [-0.2, -0.15) is 0 Å². The number of likely N-dealkylation sites (tertiary alicyclic amines) is 1. The standard InChI is InChI=1S/C20H24N4O2/c1-12(2)17-10-16(23-26-17)20(25)24-9-5-7-14(11-24)19-21-15-8-4-6-13(3)18(15)22-19/h4,6,8,10,12,14H,5,7,9,11H2,1-3H3,(H,21,22)/t14-/m1/s1. The minimum absolute atomic E-state index is 0.0577. The van der Waals surface area contributed by atoms with Gasteiger partial charge in [0.1, 0.15) is 11.6 Å². The Morgan fingerprint density at radius 3 is 2.96 bits per heavy atom. The number of H-pyrrole nitrogens is 1.